The summed E-state index contributed by atoms with van der Waals surface area (Å²) >= 11 is 0. The summed E-state index contributed by atoms with van der Waals surface area (Å²) in [6.45, 7) is 6.39. The lowest BCUT2D eigenvalue weighted by molar-refractivity contribution is -0.138. The van der Waals surface area contributed by atoms with Gasteiger partial charge >= 0.3 is 6.18 Å². The molecule has 0 unspecified atom stereocenters. The number of carbonyl (C=O) groups excluding carboxylic acids is 1. The van der Waals surface area contributed by atoms with Crippen LogP contribution in [0.15, 0.2) is 79.1 Å². The van der Waals surface area contributed by atoms with Crippen LogP contribution in [0.3, 0.4) is 0 Å². The highest BCUT2D eigenvalue weighted by Gasteiger charge is 2.34. The van der Waals surface area contributed by atoms with E-state index in [1.807, 2.05) is 48.7 Å². The Labute approximate surface area is 242 Å². The van der Waals surface area contributed by atoms with E-state index in [2.05, 4.69) is 32.0 Å². The molecule has 5 aromatic rings. The van der Waals surface area contributed by atoms with Crippen LogP contribution >= 0.6 is 0 Å². The number of hydrogen-bond donors (Lipinski definition) is 2. The molecule has 1 aliphatic heterocycles. The van der Waals surface area contributed by atoms with Gasteiger partial charge in [0.1, 0.15) is 5.65 Å². The van der Waals surface area contributed by atoms with Gasteiger partial charge in [-0.25, -0.2) is 4.98 Å². The van der Waals surface area contributed by atoms with Gasteiger partial charge in [-0.3, -0.25) is 9.69 Å². The fraction of sp³-hybridized carbons (Fsp3) is 0.273. The van der Waals surface area contributed by atoms with E-state index in [0.717, 1.165) is 71.7 Å². The summed E-state index contributed by atoms with van der Waals surface area (Å²) in [6, 6.07) is 19.4. The van der Waals surface area contributed by atoms with Gasteiger partial charge in [0.25, 0.3) is 5.91 Å². The largest absolute Gasteiger partial charge is 0.416 e. The quantitative estimate of drug-likeness (QED) is 0.228. The van der Waals surface area contributed by atoms with E-state index in [1.54, 1.807) is 18.3 Å². The van der Waals surface area contributed by atoms with Gasteiger partial charge in [-0.05, 0) is 70.8 Å². The fourth-order valence-electron chi connectivity index (χ4n) is 5.86. The number of aromatic amines is 1. The summed E-state index contributed by atoms with van der Waals surface area (Å²) in [7, 11) is 0. The van der Waals surface area contributed by atoms with E-state index in [4.69, 9.17) is 0 Å². The first kappa shape index (κ1) is 27.9. The molecule has 0 radical (unpaired) electrons. The maximum atomic E-state index is 14.1. The minimum atomic E-state index is -4.53. The van der Waals surface area contributed by atoms with Gasteiger partial charge in [0.05, 0.1) is 5.56 Å². The van der Waals surface area contributed by atoms with Crippen LogP contribution in [0.4, 0.5) is 18.9 Å². The number of H-pyrrole nitrogens is 1. The average molecular weight is 572 g/mol. The molecule has 1 amide bonds. The second-order valence-corrected chi connectivity index (χ2v) is 10.7. The van der Waals surface area contributed by atoms with Gasteiger partial charge < -0.3 is 15.2 Å². The molecule has 0 saturated carbocycles. The molecule has 3 heterocycles. The van der Waals surface area contributed by atoms with Crippen molar-refractivity contribution in [1.82, 2.24) is 19.8 Å². The number of nitrogens with zero attached hydrogens (tertiary/aromatic N) is 3. The number of fused-ring (bicyclic) bond motifs is 2. The van der Waals surface area contributed by atoms with Gasteiger partial charge in [0.15, 0.2) is 0 Å². The molecule has 0 atom stereocenters. The lowest BCUT2D eigenvalue weighted by atomic mass is 9.95. The second kappa shape index (κ2) is 11.6. The van der Waals surface area contributed by atoms with Gasteiger partial charge in [-0.1, -0.05) is 43.3 Å². The first-order valence-corrected chi connectivity index (χ1v) is 14.2. The Kier molecular flexibility index (Phi) is 7.70. The Morgan fingerprint density at radius 3 is 2.40 bits per heavy atom. The Hall–Kier alpha value is -4.21. The highest BCUT2D eigenvalue weighted by Crippen LogP contribution is 2.35. The SMILES string of the molecule is CCN1CCN(Cc2ccc(NC(=O)c3cccc4c(Cc5ccnc6[nH]ccc56)cccc34)cc2C(F)(F)F)CC1. The predicted octanol–water partition coefficient (Wildman–Crippen LogP) is 6.72. The maximum absolute atomic E-state index is 14.1. The third-order valence-electron chi connectivity index (χ3n) is 8.17. The molecule has 9 heteroatoms. The van der Waals surface area contributed by atoms with Crippen molar-refractivity contribution in [1.29, 1.82) is 0 Å². The molecule has 42 heavy (non-hydrogen) atoms. The predicted molar refractivity (Wildman–Crippen MR) is 160 cm³/mol. The maximum Gasteiger partial charge on any atom is 0.416 e. The van der Waals surface area contributed by atoms with Gasteiger partial charge in [0, 0.05) is 61.8 Å². The number of halogens is 3. The van der Waals surface area contributed by atoms with Crippen molar-refractivity contribution in [3.63, 3.8) is 0 Å². The lowest BCUT2D eigenvalue weighted by Crippen LogP contribution is -2.45. The fourth-order valence-corrected chi connectivity index (χ4v) is 5.86. The number of nitrogens with one attached hydrogen (secondary N) is 2. The number of carbonyl (C=O) groups is 1. The molecule has 0 spiro atoms. The van der Waals surface area contributed by atoms with Gasteiger partial charge in [-0.2, -0.15) is 13.2 Å². The Bertz CT molecular complexity index is 1740. The number of hydrogen-bond acceptors (Lipinski definition) is 4. The number of pyridine rings is 1. The number of alkyl halides is 3. The first-order valence-electron chi connectivity index (χ1n) is 14.2. The number of benzene rings is 3. The van der Waals surface area contributed by atoms with Crippen molar-refractivity contribution >= 4 is 33.4 Å². The molecule has 216 valence electrons. The summed E-state index contributed by atoms with van der Waals surface area (Å²) in [5, 5.41) is 5.42. The summed E-state index contributed by atoms with van der Waals surface area (Å²) < 4.78 is 42.4. The molecule has 0 aliphatic carbocycles. The molecule has 1 fully saturated rings. The topological polar surface area (TPSA) is 64.3 Å². The van der Waals surface area contributed by atoms with Crippen LogP contribution in [0.1, 0.15) is 39.5 Å². The van der Waals surface area contributed by atoms with E-state index >= 15 is 0 Å². The minimum Gasteiger partial charge on any atom is -0.346 e. The van der Waals surface area contributed by atoms with Crippen molar-refractivity contribution in [3.05, 3.63) is 107 Å². The van der Waals surface area contributed by atoms with Crippen LogP contribution in [0, 0.1) is 0 Å². The smallest absolute Gasteiger partial charge is 0.346 e. The minimum absolute atomic E-state index is 0.117. The van der Waals surface area contributed by atoms with Crippen LogP contribution in [-0.2, 0) is 19.1 Å². The van der Waals surface area contributed by atoms with Crippen molar-refractivity contribution < 1.29 is 18.0 Å². The number of rotatable bonds is 7. The molecule has 0 bridgehead atoms. The van der Waals surface area contributed by atoms with Crippen molar-refractivity contribution in [2.45, 2.75) is 26.1 Å². The van der Waals surface area contributed by atoms with E-state index in [1.165, 1.54) is 6.07 Å². The molecule has 6 rings (SSSR count). The molecule has 1 saturated heterocycles. The third-order valence-corrected chi connectivity index (χ3v) is 8.17. The summed E-state index contributed by atoms with van der Waals surface area (Å²) in [5.41, 5.74) is 2.99. The van der Waals surface area contributed by atoms with Crippen molar-refractivity contribution in [2.24, 2.45) is 0 Å². The Morgan fingerprint density at radius 1 is 0.881 bits per heavy atom. The number of amides is 1. The van der Waals surface area contributed by atoms with Crippen LogP contribution < -0.4 is 5.32 Å². The molecule has 6 nitrogen and oxygen atoms in total. The van der Waals surface area contributed by atoms with Gasteiger partial charge in [-0.15, -0.1) is 0 Å². The molecule has 3 aromatic carbocycles. The number of anilines is 1. The second-order valence-electron chi connectivity index (χ2n) is 10.7. The molecule has 2 N–H and O–H groups in total. The zero-order valence-electron chi connectivity index (χ0n) is 23.3. The lowest BCUT2D eigenvalue weighted by Gasteiger charge is -2.34. The van der Waals surface area contributed by atoms with Crippen molar-refractivity contribution in [2.75, 3.05) is 38.0 Å². The molecular formula is C33H32F3N5O. The zero-order valence-corrected chi connectivity index (χ0v) is 23.3. The highest BCUT2D eigenvalue weighted by molar-refractivity contribution is 6.13. The third kappa shape index (κ3) is 5.75. The first-order chi connectivity index (χ1) is 20.3. The monoisotopic (exact) mass is 571 g/mol. The summed E-state index contributed by atoms with van der Waals surface area (Å²) in [4.78, 5) is 25.3. The molecular weight excluding hydrogens is 539 g/mol. The number of piperazine rings is 1. The van der Waals surface area contributed by atoms with E-state index in [-0.39, 0.29) is 17.8 Å². The molecule has 2 aromatic heterocycles. The Morgan fingerprint density at radius 2 is 1.62 bits per heavy atom. The normalized spacial score (nSPS) is 15.0. The zero-order chi connectivity index (χ0) is 29.3. The van der Waals surface area contributed by atoms with Crippen molar-refractivity contribution in [3.8, 4) is 0 Å². The van der Waals surface area contributed by atoms with E-state index in [9.17, 15) is 18.0 Å². The van der Waals surface area contributed by atoms with Crippen LogP contribution in [-0.4, -0.2) is 58.4 Å². The standard InChI is InChI=1S/C33H32F3N5O/c1-2-40-15-17-41(18-16-40)21-24-9-10-25(20-30(24)33(34,35)36)39-32(42)29-8-4-6-26-22(5-3-7-28(26)29)19-23-11-13-37-31-27(23)12-14-38-31/h3-14,20H,2,15-19,21H2,1H3,(H,37,38)(H,39,42). The number of aromatic nitrogens is 2. The summed E-state index contributed by atoms with van der Waals surface area (Å²) in [6.07, 6.45) is -0.265. The highest BCUT2D eigenvalue weighted by atomic mass is 19.4. The van der Waals surface area contributed by atoms with E-state index in [0.29, 0.717) is 12.0 Å². The summed E-state index contributed by atoms with van der Waals surface area (Å²) in [5.74, 6) is -0.453. The van der Waals surface area contributed by atoms with E-state index < -0.39 is 17.6 Å². The average Bonchev–Trinajstić information content (AvgIpc) is 3.48. The van der Waals surface area contributed by atoms with Crippen LogP contribution in [0.2, 0.25) is 0 Å². The number of likely N-dealkylation sites (N-methyl/N-ethyl adjacent to an activating group) is 1. The van der Waals surface area contributed by atoms with Gasteiger partial charge in [0.2, 0.25) is 0 Å². The molecule has 1 aliphatic rings. The Balaban J connectivity index is 1.25. The van der Waals surface area contributed by atoms with Crippen LogP contribution in [0.25, 0.3) is 21.8 Å². The van der Waals surface area contributed by atoms with Crippen LogP contribution in [0.5, 0.6) is 0 Å².